The van der Waals surface area contributed by atoms with Crippen molar-refractivity contribution in [2.45, 2.75) is 77.4 Å². The second-order valence-electron chi connectivity index (χ2n) is 7.40. The fourth-order valence-electron chi connectivity index (χ4n) is 2.20. The van der Waals surface area contributed by atoms with E-state index < -0.39 is 29.6 Å². The fraction of sp³-hybridized carbons (Fsp3) is 0.778. The van der Waals surface area contributed by atoms with Crippen molar-refractivity contribution in [1.82, 2.24) is 5.32 Å². The van der Waals surface area contributed by atoms with E-state index >= 15 is 0 Å². The zero-order chi connectivity index (χ0) is 22.3. The van der Waals surface area contributed by atoms with Gasteiger partial charge in [-0.15, -0.1) is 0 Å². The standard InChI is InChI=1S/C18H30N4O7/c1-18(2,3)29-17(27)11-13(12-28-16(26)9-8-15(24)25)21-14(23)7-5-4-6-10-20-22-19/h13H,4-12H2,1-3H3,(H,21,23)(H,24,25)/t13-/m1/s1. The second kappa shape index (κ2) is 14.2. The van der Waals surface area contributed by atoms with Crippen LogP contribution in [0.15, 0.2) is 5.11 Å². The van der Waals surface area contributed by atoms with Crippen molar-refractivity contribution in [3.8, 4) is 0 Å². The number of azide groups is 1. The van der Waals surface area contributed by atoms with Gasteiger partial charge in [-0.1, -0.05) is 11.5 Å². The van der Waals surface area contributed by atoms with Gasteiger partial charge < -0.3 is 19.9 Å². The Morgan fingerprint density at radius 3 is 2.34 bits per heavy atom. The van der Waals surface area contributed by atoms with Crippen molar-refractivity contribution in [3.63, 3.8) is 0 Å². The number of ether oxygens (including phenoxy) is 2. The molecule has 0 spiro atoms. The monoisotopic (exact) mass is 414 g/mol. The summed E-state index contributed by atoms with van der Waals surface area (Å²) >= 11 is 0. The molecule has 0 fully saturated rings. The number of hydrogen-bond acceptors (Lipinski definition) is 7. The molecule has 0 aliphatic rings. The highest BCUT2D eigenvalue weighted by molar-refractivity contribution is 5.78. The second-order valence-corrected chi connectivity index (χ2v) is 7.40. The Morgan fingerprint density at radius 2 is 1.76 bits per heavy atom. The van der Waals surface area contributed by atoms with Gasteiger partial charge in [-0.05, 0) is 39.1 Å². The molecule has 164 valence electrons. The van der Waals surface area contributed by atoms with E-state index in [1.807, 2.05) is 0 Å². The lowest BCUT2D eigenvalue weighted by atomic mass is 10.1. The average molecular weight is 414 g/mol. The van der Waals surface area contributed by atoms with Gasteiger partial charge in [-0.25, -0.2) is 0 Å². The molecular weight excluding hydrogens is 384 g/mol. The number of amides is 1. The first kappa shape index (κ1) is 26.2. The third kappa shape index (κ3) is 17.0. The molecule has 0 aromatic rings. The van der Waals surface area contributed by atoms with Gasteiger partial charge in [-0.2, -0.15) is 0 Å². The zero-order valence-electron chi connectivity index (χ0n) is 17.2. The minimum Gasteiger partial charge on any atom is -0.481 e. The van der Waals surface area contributed by atoms with Crippen LogP contribution in [-0.2, 0) is 28.7 Å². The van der Waals surface area contributed by atoms with Crippen LogP contribution in [0.4, 0.5) is 0 Å². The molecule has 0 aliphatic heterocycles. The van der Waals surface area contributed by atoms with Crippen LogP contribution in [0, 0.1) is 0 Å². The van der Waals surface area contributed by atoms with E-state index in [1.54, 1.807) is 20.8 Å². The topological polar surface area (TPSA) is 168 Å². The summed E-state index contributed by atoms with van der Waals surface area (Å²) in [7, 11) is 0. The van der Waals surface area contributed by atoms with Crippen molar-refractivity contribution in [2.24, 2.45) is 5.11 Å². The lowest BCUT2D eigenvalue weighted by Gasteiger charge is -2.23. The average Bonchev–Trinajstić information content (AvgIpc) is 2.59. The van der Waals surface area contributed by atoms with Crippen LogP contribution in [0.3, 0.4) is 0 Å². The quantitative estimate of drug-likeness (QED) is 0.145. The summed E-state index contributed by atoms with van der Waals surface area (Å²) in [5, 5.41) is 14.6. The highest BCUT2D eigenvalue weighted by Gasteiger charge is 2.23. The molecule has 0 aromatic carbocycles. The molecule has 29 heavy (non-hydrogen) atoms. The number of aliphatic carboxylic acids is 1. The maximum atomic E-state index is 12.1. The lowest BCUT2D eigenvalue weighted by molar-refractivity contribution is -0.157. The fourth-order valence-corrected chi connectivity index (χ4v) is 2.20. The van der Waals surface area contributed by atoms with Gasteiger partial charge in [0.05, 0.1) is 25.3 Å². The van der Waals surface area contributed by atoms with Crippen molar-refractivity contribution >= 4 is 23.8 Å². The van der Waals surface area contributed by atoms with Gasteiger partial charge in [-0.3, -0.25) is 19.2 Å². The molecule has 2 N–H and O–H groups in total. The molecule has 0 bridgehead atoms. The molecule has 11 nitrogen and oxygen atoms in total. The van der Waals surface area contributed by atoms with Crippen molar-refractivity contribution in [1.29, 1.82) is 0 Å². The first-order chi connectivity index (χ1) is 13.5. The van der Waals surface area contributed by atoms with E-state index in [-0.39, 0.29) is 38.2 Å². The molecule has 1 atom stereocenters. The molecule has 0 saturated carbocycles. The van der Waals surface area contributed by atoms with E-state index in [4.69, 9.17) is 20.1 Å². The van der Waals surface area contributed by atoms with Crippen LogP contribution < -0.4 is 5.32 Å². The summed E-state index contributed by atoms with van der Waals surface area (Å²) in [6.07, 6.45) is 1.29. The Bertz CT molecular complexity index is 610. The third-order valence-corrected chi connectivity index (χ3v) is 3.41. The molecule has 0 aromatic heterocycles. The van der Waals surface area contributed by atoms with Crippen molar-refractivity contribution in [2.75, 3.05) is 13.2 Å². The summed E-state index contributed by atoms with van der Waals surface area (Å²) in [6.45, 7) is 5.23. The highest BCUT2D eigenvalue weighted by Crippen LogP contribution is 2.10. The van der Waals surface area contributed by atoms with Gasteiger partial charge in [0.25, 0.3) is 0 Å². The SMILES string of the molecule is CC(C)(C)OC(=O)C[C@H](COC(=O)CCC(=O)O)NC(=O)CCCCCN=[N+]=[N-]. The van der Waals surface area contributed by atoms with Crippen molar-refractivity contribution < 1.29 is 33.8 Å². The maximum Gasteiger partial charge on any atom is 0.308 e. The Labute approximate surface area is 169 Å². The predicted octanol–water partition coefficient (Wildman–Crippen LogP) is 2.48. The van der Waals surface area contributed by atoms with Gasteiger partial charge in [0, 0.05) is 17.9 Å². The number of hydrogen-bond donors (Lipinski definition) is 2. The molecule has 0 radical (unpaired) electrons. The van der Waals surface area contributed by atoms with Crippen LogP contribution in [0.1, 0.15) is 65.7 Å². The van der Waals surface area contributed by atoms with Gasteiger partial charge in [0.1, 0.15) is 12.2 Å². The van der Waals surface area contributed by atoms with Gasteiger partial charge >= 0.3 is 17.9 Å². The Kier molecular flexibility index (Phi) is 12.8. The minimum atomic E-state index is -1.12. The number of carbonyl (C=O) groups is 4. The number of carboxylic acids is 1. The van der Waals surface area contributed by atoms with E-state index in [9.17, 15) is 19.2 Å². The minimum absolute atomic E-state index is 0.188. The Morgan fingerprint density at radius 1 is 1.07 bits per heavy atom. The van der Waals surface area contributed by atoms with E-state index in [2.05, 4.69) is 15.3 Å². The predicted molar refractivity (Wildman–Crippen MR) is 103 cm³/mol. The normalized spacial score (nSPS) is 11.7. The summed E-state index contributed by atoms with van der Waals surface area (Å²) in [4.78, 5) is 48.9. The molecular formula is C18H30N4O7. The smallest absolute Gasteiger partial charge is 0.308 e. The Balaban J connectivity index is 4.58. The van der Waals surface area contributed by atoms with Gasteiger partial charge in [0.15, 0.2) is 0 Å². The van der Waals surface area contributed by atoms with E-state index in [0.29, 0.717) is 25.8 Å². The van der Waals surface area contributed by atoms with Crippen LogP contribution >= 0.6 is 0 Å². The summed E-state index contributed by atoms with van der Waals surface area (Å²) in [6, 6.07) is -0.783. The summed E-state index contributed by atoms with van der Waals surface area (Å²) in [5.41, 5.74) is 7.50. The van der Waals surface area contributed by atoms with E-state index in [0.717, 1.165) is 0 Å². The number of carboxylic acid groups (broad SMARTS) is 1. The summed E-state index contributed by atoms with van der Waals surface area (Å²) < 4.78 is 10.2. The number of rotatable bonds is 14. The molecule has 0 saturated heterocycles. The first-order valence-corrected chi connectivity index (χ1v) is 9.43. The van der Waals surface area contributed by atoms with Crippen LogP contribution in [0.5, 0.6) is 0 Å². The number of nitrogens with one attached hydrogen (secondary N) is 1. The molecule has 0 rings (SSSR count). The first-order valence-electron chi connectivity index (χ1n) is 9.43. The van der Waals surface area contributed by atoms with Crippen LogP contribution in [-0.4, -0.2) is 53.7 Å². The molecule has 11 heteroatoms. The number of carbonyl (C=O) groups excluding carboxylic acids is 3. The molecule has 1 amide bonds. The number of unbranched alkanes of at least 4 members (excludes halogenated alkanes) is 2. The molecule has 0 aliphatic carbocycles. The maximum absolute atomic E-state index is 12.1. The summed E-state index contributed by atoms with van der Waals surface area (Å²) in [5.74, 6) is -2.72. The Hall–Kier alpha value is -2.81. The van der Waals surface area contributed by atoms with E-state index in [1.165, 1.54) is 0 Å². The van der Waals surface area contributed by atoms with Gasteiger partial charge in [0.2, 0.25) is 5.91 Å². The van der Waals surface area contributed by atoms with Crippen LogP contribution in [0.2, 0.25) is 0 Å². The molecule has 0 unspecified atom stereocenters. The lowest BCUT2D eigenvalue weighted by Crippen LogP contribution is -2.41. The van der Waals surface area contributed by atoms with Crippen LogP contribution in [0.25, 0.3) is 10.4 Å². The number of esters is 2. The highest BCUT2D eigenvalue weighted by atomic mass is 16.6. The molecule has 0 heterocycles. The third-order valence-electron chi connectivity index (χ3n) is 3.41. The van der Waals surface area contributed by atoms with Crippen molar-refractivity contribution in [3.05, 3.63) is 10.4 Å². The zero-order valence-corrected chi connectivity index (χ0v) is 17.2. The number of nitrogens with zero attached hydrogens (tertiary/aromatic N) is 3. The largest absolute Gasteiger partial charge is 0.481 e.